The molecule has 1 aliphatic rings. The second-order valence-corrected chi connectivity index (χ2v) is 3.67. The molecule has 0 bridgehead atoms. The molecule has 0 aliphatic carbocycles. The minimum Gasteiger partial charge on any atom is -0.489 e. The van der Waals surface area contributed by atoms with Gasteiger partial charge in [0.1, 0.15) is 11.9 Å². The topological polar surface area (TPSA) is 43.7 Å². The molecule has 0 saturated carbocycles. The molecule has 0 aromatic carbocycles. The van der Waals surface area contributed by atoms with Crippen LogP contribution in [0.25, 0.3) is 0 Å². The molecule has 1 aromatic heterocycles. The lowest BCUT2D eigenvalue weighted by molar-refractivity contribution is 0.0254. The molecule has 0 atom stereocenters. The molecular formula is C11H12N2O2S. The average molecular weight is 236 g/mol. The van der Waals surface area contributed by atoms with E-state index < -0.39 is 0 Å². The van der Waals surface area contributed by atoms with E-state index in [1.165, 1.54) is 0 Å². The Bertz CT molecular complexity index is 381. The van der Waals surface area contributed by atoms with E-state index >= 15 is 0 Å². The second-order valence-electron chi connectivity index (χ2n) is 3.48. The molecular weight excluding hydrogens is 224 g/mol. The number of aliphatic imine (C=N–C) groups is 1. The zero-order valence-electron chi connectivity index (χ0n) is 8.76. The van der Waals surface area contributed by atoms with Gasteiger partial charge < -0.3 is 9.47 Å². The summed E-state index contributed by atoms with van der Waals surface area (Å²) >= 11 is 4.50. The highest BCUT2D eigenvalue weighted by molar-refractivity contribution is 7.78. The molecule has 84 valence electrons. The molecule has 0 unspecified atom stereocenters. The fourth-order valence-corrected chi connectivity index (χ4v) is 1.63. The number of isothiocyanates is 1. The highest BCUT2D eigenvalue weighted by Gasteiger charge is 2.15. The third-order valence-corrected chi connectivity index (χ3v) is 2.44. The summed E-state index contributed by atoms with van der Waals surface area (Å²) in [5.74, 6) is 1.31. The Morgan fingerprint density at radius 3 is 2.88 bits per heavy atom. The van der Waals surface area contributed by atoms with E-state index in [4.69, 9.17) is 9.47 Å². The zero-order valence-corrected chi connectivity index (χ0v) is 9.57. The number of thiocarbonyl (C=S) groups is 1. The zero-order chi connectivity index (χ0) is 11.2. The summed E-state index contributed by atoms with van der Waals surface area (Å²) in [5, 5.41) is 2.27. The quantitative estimate of drug-likeness (QED) is 0.597. The van der Waals surface area contributed by atoms with E-state index in [2.05, 4.69) is 27.4 Å². The van der Waals surface area contributed by atoms with Gasteiger partial charge in [-0.2, -0.15) is 4.99 Å². The Morgan fingerprint density at radius 1 is 1.44 bits per heavy atom. The van der Waals surface area contributed by atoms with Crippen molar-refractivity contribution in [3.63, 3.8) is 0 Å². The van der Waals surface area contributed by atoms with Crippen molar-refractivity contribution in [2.24, 2.45) is 4.99 Å². The van der Waals surface area contributed by atoms with E-state index in [9.17, 15) is 0 Å². The number of rotatable bonds is 3. The molecule has 1 fully saturated rings. The van der Waals surface area contributed by atoms with Crippen molar-refractivity contribution in [2.75, 3.05) is 13.2 Å². The molecule has 2 rings (SSSR count). The van der Waals surface area contributed by atoms with Gasteiger partial charge in [0.2, 0.25) is 0 Å². The van der Waals surface area contributed by atoms with Gasteiger partial charge in [-0.05, 0) is 24.4 Å². The van der Waals surface area contributed by atoms with Crippen LogP contribution >= 0.6 is 12.2 Å². The molecule has 0 spiro atoms. The van der Waals surface area contributed by atoms with Crippen LogP contribution in [0.3, 0.4) is 0 Å². The average Bonchev–Trinajstić information content (AvgIpc) is 2.33. The first-order chi connectivity index (χ1) is 7.88. The van der Waals surface area contributed by atoms with Gasteiger partial charge in [-0.15, -0.1) is 0 Å². The Hall–Kier alpha value is -1.29. The van der Waals surface area contributed by atoms with Gasteiger partial charge in [0.05, 0.1) is 24.6 Å². The highest BCUT2D eigenvalue weighted by atomic mass is 32.1. The number of nitrogens with zero attached hydrogens (tertiary/aromatic N) is 2. The van der Waals surface area contributed by atoms with Crippen molar-refractivity contribution in [1.82, 2.24) is 4.98 Å². The lowest BCUT2D eigenvalue weighted by atomic mass is 10.1. The number of hydrogen-bond donors (Lipinski definition) is 0. The van der Waals surface area contributed by atoms with Crippen molar-refractivity contribution in [3.8, 4) is 5.75 Å². The Balaban J connectivity index is 1.96. The van der Waals surface area contributed by atoms with E-state index in [1.54, 1.807) is 12.3 Å². The molecule has 1 saturated heterocycles. The minimum absolute atomic E-state index is 0.232. The molecule has 0 N–H and O–H groups in total. The smallest absolute Gasteiger partial charge is 0.162 e. The van der Waals surface area contributed by atoms with Crippen molar-refractivity contribution in [1.29, 1.82) is 0 Å². The Morgan fingerprint density at radius 2 is 2.25 bits per heavy atom. The maximum atomic E-state index is 5.76. The number of pyridine rings is 1. The lowest BCUT2D eigenvalue weighted by Crippen LogP contribution is -2.25. The second kappa shape index (κ2) is 5.70. The van der Waals surface area contributed by atoms with Gasteiger partial charge in [-0.1, -0.05) is 0 Å². The number of hydrogen-bond acceptors (Lipinski definition) is 5. The fraction of sp³-hybridized carbons (Fsp3) is 0.455. The van der Waals surface area contributed by atoms with Crippen LogP contribution in [0.5, 0.6) is 5.75 Å². The van der Waals surface area contributed by atoms with Crippen LogP contribution in [0.4, 0.5) is 5.82 Å². The molecule has 0 radical (unpaired) electrons. The van der Waals surface area contributed by atoms with E-state index in [0.29, 0.717) is 5.82 Å². The fourth-order valence-electron chi connectivity index (χ4n) is 1.54. The van der Waals surface area contributed by atoms with Crippen LogP contribution < -0.4 is 4.74 Å². The molecule has 2 heterocycles. The van der Waals surface area contributed by atoms with Crippen LogP contribution in [0.1, 0.15) is 12.8 Å². The maximum Gasteiger partial charge on any atom is 0.162 e. The molecule has 4 nitrogen and oxygen atoms in total. The first-order valence-electron chi connectivity index (χ1n) is 5.17. The molecule has 5 heteroatoms. The summed E-state index contributed by atoms with van der Waals surface area (Å²) < 4.78 is 11.0. The van der Waals surface area contributed by atoms with Crippen molar-refractivity contribution >= 4 is 23.2 Å². The van der Waals surface area contributed by atoms with E-state index in [-0.39, 0.29) is 6.10 Å². The summed E-state index contributed by atoms with van der Waals surface area (Å²) in [6.07, 6.45) is 3.75. The predicted molar refractivity (Wildman–Crippen MR) is 63.4 cm³/mol. The number of ether oxygens (including phenoxy) is 2. The van der Waals surface area contributed by atoms with Gasteiger partial charge in [-0.3, -0.25) is 0 Å². The Labute approximate surface area is 99.3 Å². The van der Waals surface area contributed by atoms with Gasteiger partial charge in [0, 0.05) is 12.8 Å². The molecule has 16 heavy (non-hydrogen) atoms. The monoisotopic (exact) mass is 236 g/mol. The molecule has 1 aromatic rings. The SMILES string of the molecule is S=C=Nc1ccc(OC2CCOCC2)cn1. The van der Waals surface area contributed by atoms with Crippen molar-refractivity contribution in [2.45, 2.75) is 18.9 Å². The molecule has 0 amide bonds. The standard InChI is InChI=1S/C11H12N2O2S/c16-8-13-11-2-1-10(7-12-11)15-9-3-5-14-6-4-9/h1-2,7,9H,3-6H2. The van der Waals surface area contributed by atoms with Gasteiger partial charge in [-0.25, -0.2) is 4.98 Å². The first-order valence-corrected chi connectivity index (χ1v) is 5.57. The van der Waals surface area contributed by atoms with Crippen molar-refractivity contribution in [3.05, 3.63) is 18.3 Å². The third kappa shape index (κ3) is 3.10. The normalized spacial score (nSPS) is 16.5. The lowest BCUT2D eigenvalue weighted by Gasteiger charge is -2.22. The summed E-state index contributed by atoms with van der Waals surface area (Å²) in [4.78, 5) is 7.85. The van der Waals surface area contributed by atoms with Crippen LogP contribution in [0.15, 0.2) is 23.3 Å². The van der Waals surface area contributed by atoms with Crippen LogP contribution in [-0.2, 0) is 4.74 Å². The summed E-state index contributed by atoms with van der Waals surface area (Å²) in [7, 11) is 0. The summed E-state index contributed by atoms with van der Waals surface area (Å²) in [6.45, 7) is 1.54. The largest absolute Gasteiger partial charge is 0.489 e. The predicted octanol–water partition coefficient (Wildman–Crippen LogP) is 2.37. The molecule has 1 aliphatic heterocycles. The van der Waals surface area contributed by atoms with Crippen LogP contribution in [0.2, 0.25) is 0 Å². The van der Waals surface area contributed by atoms with E-state index in [0.717, 1.165) is 31.8 Å². The van der Waals surface area contributed by atoms with Gasteiger partial charge >= 0.3 is 0 Å². The first kappa shape index (κ1) is 11.2. The Kier molecular flexibility index (Phi) is 3.99. The third-order valence-electron chi connectivity index (χ3n) is 2.35. The minimum atomic E-state index is 0.232. The summed E-state index contributed by atoms with van der Waals surface area (Å²) in [5.41, 5.74) is 0. The number of aromatic nitrogens is 1. The maximum absolute atomic E-state index is 5.76. The van der Waals surface area contributed by atoms with E-state index in [1.807, 2.05) is 6.07 Å². The summed E-state index contributed by atoms with van der Waals surface area (Å²) in [6, 6.07) is 3.60. The highest BCUT2D eigenvalue weighted by Crippen LogP contribution is 2.18. The van der Waals surface area contributed by atoms with Crippen molar-refractivity contribution < 1.29 is 9.47 Å². The van der Waals surface area contributed by atoms with Crippen LogP contribution in [0, 0.1) is 0 Å². The van der Waals surface area contributed by atoms with Gasteiger partial charge in [0.15, 0.2) is 5.82 Å². The van der Waals surface area contributed by atoms with Gasteiger partial charge in [0.25, 0.3) is 0 Å². The van der Waals surface area contributed by atoms with Crippen LogP contribution in [-0.4, -0.2) is 29.5 Å².